The summed E-state index contributed by atoms with van der Waals surface area (Å²) in [6.07, 6.45) is 1.62. The fourth-order valence-electron chi connectivity index (χ4n) is 2.51. The number of hydrogen-bond acceptors (Lipinski definition) is 3. The van der Waals surface area contributed by atoms with Crippen LogP contribution in [0.5, 0.6) is 0 Å². The maximum Gasteiger partial charge on any atom is 0.233 e. The van der Waals surface area contributed by atoms with E-state index in [1.165, 1.54) is 10.4 Å². The van der Waals surface area contributed by atoms with E-state index in [0.29, 0.717) is 11.4 Å². The second-order valence-electron chi connectivity index (χ2n) is 4.62. The fourth-order valence-corrected chi connectivity index (χ4v) is 3.74. The second-order valence-corrected chi connectivity index (χ2v) is 6.09. The van der Waals surface area contributed by atoms with Crippen LogP contribution in [0.25, 0.3) is 0 Å². The van der Waals surface area contributed by atoms with Crippen molar-refractivity contribution in [3.63, 3.8) is 0 Å². The Morgan fingerprint density at radius 3 is 3.06 bits per heavy atom. The van der Waals surface area contributed by atoms with Crippen LogP contribution >= 0.6 is 23.6 Å². The van der Waals surface area contributed by atoms with Gasteiger partial charge >= 0.3 is 0 Å². The lowest BCUT2D eigenvalue weighted by molar-refractivity contribution is -0.136. The lowest BCUT2D eigenvalue weighted by Gasteiger charge is -2.35. The zero-order valence-electron chi connectivity index (χ0n) is 10.7. The molecule has 0 spiro atoms. The third-order valence-electron chi connectivity index (χ3n) is 3.61. The Balaban J connectivity index is 2.21. The summed E-state index contributed by atoms with van der Waals surface area (Å²) in [5.41, 5.74) is 6.94. The van der Waals surface area contributed by atoms with Crippen molar-refractivity contribution in [2.24, 2.45) is 11.7 Å². The average molecular weight is 282 g/mol. The van der Waals surface area contributed by atoms with E-state index in [9.17, 15) is 4.79 Å². The van der Waals surface area contributed by atoms with Crippen LogP contribution in [-0.4, -0.2) is 22.3 Å². The van der Waals surface area contributed by atoms with Crippen LogP contribution in [0.15, 0.2) is 11.4 Å². The summed E-state index contributed by atoms with van der Waals surface area (Å²) in [6, 6.07) is 2.25. The van der Waals surface area contributed by atoms with Crippen molar-refractivity contribution in [1.29, 1.82) is 0 Å². The summed E-state index contributed by atoms with van der Waals surface area (Å²) in [4.78, 5) is 16.1. The minimum Gasteiger partial charge on any atom is -0.393 e. The van der Waals surface area contributed by atoms with Crippen LogP contribution in [0.3, 0.4) is 0 Å². The van der Waals surface area contributed by atoms with Gasteiger partial charge in [0, 0.05) is 11.4 Å². The van der Waals surface area contributed by atoms with Gasteiger partial charge in [0.2, 0.25) is 5.91 Å². The molecular weight excluding hydrogens is 264 g/mol. The molecule has 0 aliphatic carbocycles. The molecule has 1 aliphatic rings. The molecule has 1 aliphatic heterocycles. The molecule has 18 heavy (non-hydrogen) atoms. The third-order valence-corrected chi connectivity index (χ3v) is 4.89. The first kappa shape index (κ1) is 13.5. The molecule has 2 unspecified atom stereocenters. The van der Waals surface area contributed by atoms with E-state index >= 15 is 0 Å². The SMILES string of the molecule is CCC(C(=O)N1CCc2sccc2C1C)C(N)=S. The number of nitrogens with two attached hydrogens (primary N) is 1. The number of rotatable bonds is 3. The minimum absolute atomic E-state index is 0.0781. The maximum atomic E-state index is 12.5. The number of fused-ring (bicyclic) bond motifs is 1. The molecule has 1 amide bonds. The number of thiocarbonyl (C=S) groups is 1. The Hall–Kier alpha value is -0.940. The average Bonchev–Trinajstić information content (AvgIpc) is 2.78. The zero-order chi connectivity index (χ0) is 13.3. The van der Waals surface area contributed by atoms with E-state index in [0.717, 1.165) is 13.0 Å². The molecule has 98 valence electrons. The van der Waals surface area contributed by atoms with Gasteiger partial charge in [-0.1, -0.05) is 19.1 Å². The first-order valence-corrected chi connectivity index (χ1v) is 7.51. The van der Waals surface area contributed by atoms with Gasteiger partial charge in [0.05, 0.1) is 16.9 Å². The normalized spacial score (nSPS) is 20.3. The molecule has 2 heterocycles. The summed E-state index contributed by atoms with van der Waals surface area (Å²) >= 11 is 6.77. The van der Waals surface area contributed by atoms with Gasteiger partial charge in [0.15, 0.2) is 0 Å². The molecule has 2 N–H and O–H groups in total. The number of carbonyl (C=O) groups excluding carboxylic acids is 1. The van der Waals surface area contributed by atoms with Crippen molar-refractivity contribution in [3.8, 4) is 0 Å². The quantitative estimate of drug-likeness (QED) is 0.867. The highest BCUT2D eigenvalue weighted by Crippen LogP contribution is 2.33. The maximum absolute atomic E-state index is 12.5. The smallest absolute Gasteiger partial charge is 0.233 e. The Kier molecular flexibility index (Phi) is 4.02. The molecule has 0 aromatic carbocycles. The largest absolute Gasteiger partial charge is 0.393 e. The van der Waals surface area contributed by atoms with Crippen LogP contribution in [0.1, 0.15) is 36.8 Å². The molecular formula is C13H18N2OS2. The van der Waals surface area contributed by atoms with Crippen LogP contribution in [0.4, 0.5) is 0 Å². The van der Waals surface area contributed by atoms with E-state index in [1.54, 1.807) is 11.3 Å². The van der Waals surface area contributed by atoms with Crippen molar-refractivity contribution < 1.29 is 4.79 Å². The topological polar surface area (TPSA) is 46.3 Å². The zero-order valence-corrected chi connectivity index (χ0v) is 12.3. The molecule has 2 rings (SSSR count). The summed E-state index contributed by atoms with van der Waals surface area (Å²) < 4.78 is 0. The van der Waals surface area contributed by atoms with Crippen molar-refractivity contribution in [2.45, 2.75) is 32.7 Å². The van der Waals surface area contributed by atoms with E-state index in [2.05, 4.69) is 18.4 Å². The van der Waals surface area contributed by atoms with E-state index in [1.807, 2.05) is 11.8 Å². The minimum atomic E-state index is -0.317. The summed E-state index contributed by atoms with van der Waals surface area (Å²) in [5.74, 6) is -0.239. The predicted octanol–water partition coefficient (Wildman–Crippen LogP) is 2.51. The molecule has 0 bridgehead atoms. The van der Waals surface area contributed by atoms with Gasteiger partial charge in [0.1, 0.15) is 0 Å². The lowest BCUT2D eigenvalue weighted by atomic mass is 9.97. The first-order valence-electron chi connectivity index (χ1n) is 6.22. The number of hydrogen-bond donors (Lipinski definition) is 1. The number of amides is 1. The summed E-state index contributed by atoms with van der Waals surface area (Å²) in [5, 5.41) is 2.10. The standard InChI is InChI=1S/C13H18N2OS2/c1-3-9(12(14)17)13(16)15-6-4-11-10(8(15)2)5-7-18-11/h5,7-9H,3-4,6H2,1-2H3,(H2,14,17). The highest BCUT2D eigenvalue weighted by molar-refractivity contribution is 7.80. The molecule has 0 fully saturated rings. The van der Waals surface area contributed by atoms with Crippen LogP contribution in [0, 0.1) is 5.92 Å². The van der Waals surface area contributed by atoms with Crippen molar-refractivity contribution >= 4 is 34.5 Å². The third kappa shape index (κ3) is 2.29. The molecule has 0 saturated carbocycles. The molecule has 1 aromatic heterocycles. The highest BCUT2D eigenvalue weighted by Gasteiger charge is 2.32. The number of thiophene rings is 1. The number of carbonyl (C=O) groups is 1. The van der Waals surface area contributed by atoms with Crippen molar-refractivity contribution in [1.82, 2.24) is 4.90 Å². The Labute approximate surface area is 117 Å². The van der Waals surface area contributed by atoms with Gasteiger partial charge in [-0.3, -0.25) is 4.79 Å². The lowest BCUT2D eigenvalue weighted by Crippen LogP contribution is -2.44. The van der Waals surface area contributed by atoms with E-state index in [4.69, 9.17) is 18.0 Å². The molecule has 2 atom stereocenters. The molecule has 0 radical (unpaired) electrons. The summed E-state index contributed by atoms with van der Waals surface area (Å²) in [6.45, 7) is 4.80. The van der Waals surface area contributed by atoms with Gasteiger partial charge in [-0.25, -0.2) is 0 Å². The predicted molar refractivity (Wildman–Crippen MR) is 78.7 cm³/mol. The Morgan fingerprint density at radius 1 is 1.72 bits per heavy atom. The van der Waals surface area contributed by atoms with Crippen LogP contribution in [0.2, 0.25) is 0 Å². The van der Waals surface area contributed by atoms with Gasteiger partial charge in [-0.05, 0) is 36.8 Å². The Bertz CT molecular complexity index is 469. The fraction of sp³-hybridized carbons (Fsp3) is 0.538. The summed E-state index contributed by atoms with van der Waals surface area (Å²) in [7, 11) is 0. The van der Waals surface area contributed by atoms with E-state index < -0.39 is 0 Å². The van der Waals surface area contributed by atoms with Crippen molar-refractivity contribution in [2.75, 3.05) is 6.54 Å². The van der Waals surface area contributed by atoms with Gasteiger partial charge < -0.3 is 10.6 Å². The van der Waals surface area contributed by atoms with E-state index in [-0.39, 0.29) is 17.9 Å². The van der Waals surface area contributed by atoms with Gasteiger partial charge in [-0.15, -0.1) is 11.3 Å². The molecule has 0 saturated heterocycles. The van der Waals surface area contributed by atoms with Crippen LogP contribution < -0.4 is 5.73 Å². The Morgan fingerprint density at radius 2 is 2.44 bits per heavy atom. The van der Waals surface area contributed by atoms with Gasteiger partial charge in [0.25, 0.3) is 0 Å². The monoisotopic (exact) mass is 282 g/mol. The van der Waals surface area contributed by atoms with Gasteiger partial charge in [-0.2, -0.15) is 0 Å². The number of nitrogens with zero attached hydrogens (tertiary/aromatic N) is 1. The molecule has 3 nitrogen and oxygen atoms in total. The second kappa shape index (κ2) is 5.36. The first-order chi connectivity index (χ1) is 8.56. The van der Waals surface area contributed by atoms with Crippen LogP contribution in [-0.2, 0) is 11.2 Å². The highest BCUT2D eigenvalue weighted by atomic mass is 32.1. The van der Waals surface area contributed by atoms with Crippen molar-refractivity contribution in [3.05, 3.63) is 21.9 Å². The molecule has 5 heteroatoms. The molecule has 1 aromatic rings.